The van der Waals surface area contributed by atoms with E-state index in [0.29, 0.717) is 6.54 Å². The number of anilines is 1. The van der Waals surface area contributed by atoms with E-state index in [-0.39, 0.29) is 5.92 Å². The van der Waals surface area contributed by atoms with Gasteiger partial charge in [0.15, 0.2) is 0 Å². The van der Waals surface area contributed by atoms with Crippen LogP contribution in [0.4, 0.5) is 5.13 Å². The minimum atomic E-state index is 0.00831. The van der Waals surface area contributed by atoms with Crippen LogP contribution in [0.3, 0.4) is 0 Å². The fraction of sp³-hybridized carbons (Fsp3) is 0.625. The number of aryl methyl sites for hydroxylation is 1. The summed E-state index contributed by atoms with van der Waals surface area (Å²) in [7, 11) is 0. The van der Waals surface area contributed by atoms with E-state index in [1.165, 1.54) is 11.5 Å². The number of hydrogen-bond acceptors (Lipinski definition) is 5. The van der Waals surface area contributed by atoms with Gasteiger partial charge in [-0.3, -0.25) is 0 Å². The lowest BCUT2D eigenvalue weighted by Crippen LogP contribution is -2.08. The molecule has 4 nitrogen and oxygen atoms in total. The molecule has 1 aromatic heterocycles. The Bertz CT molecular complexity index is 301. The van der Waals surface area contributed by atoms with Crippen LogP contribution in [0.5, 0.6) is 0 Å². The van der Waals surface area contributed by atoms with Gasteiger partial charge in [-0.1, -0.05) is 6.92 Å². The van der Waals surface area contributed by atoms with Gasteiger partial charge in [-0.15, -0.1) is 0 Å². The topological polar surface area (TPSA) is 61.6 Å². The Balaban J connectivity index is 2.42. The minimum Gasteiger partial charge on any atom is -0.359 e. The van der Waals surface area contributed by atoms with E-state index < -0.39 is 0 Å². The van der Waals surface area contributed by atoms with Crippen LogP contribution in [0.1, 0.15) is 19.7 Å². The first-order chi connectivity index (χ1) is 6.26. The average Bonchev–Trinajstić information content (AvgIpc) is 2.61. The van der Waals surface area contributed by atoms with Gasteiger partial charge in [0, 0.05) is 24.5 Å². The highest BCUT2D eigenvalue weighted by Gasteiger charge is 2.03. The first kappa shape index (κ1) is 9.93. The first-order valence-corrected chi connectivity index (χ1v) is 4.99. The molecule has 0 spiro atoms. The maximum Gasteiger partial charge on any atom is 0.202 e. The molecule has 0 aliphatic heterocycles. The zero-order chi connectivity index (χ0) is 9.68. The molecule has 0 amide bonds. The van der Waals surface area contributed by atoms with Crippen LogP contribution >= 0.6 is 11.5 Å². The maximum atomic E-state index is 8.54. The summed E-state index contributed by atoms with van der Waals surface area (Å²) in [5, 5.41) is 12.4. The highest BCUT2D eigenvalue weighted by molar-refractivity contribution is 7.09. The molecule has 70 valence electrons. The molecule has 1 N–H and O–H groups in total. The standard InChI is InChI=1S/C8H12N4S/c1-3-7-11-8(13-12-7)10-5-6(2)4-9/h6H,3,5H2,1-2H3,(H,10,11,12). The van der Waals surface area contributed by atoms with Gasteiger partial charge in [-0.25, -0.2) is 4.98 Å². The summed E-state index contributed by atoms with van der Waals surface area (Å²) >= 11 is 1.34. The zero-order valence-corrected chi connectivity index (χ0v) is 8.56. The van der Waals surface area contributed by atoms with Gasteiger partial charge < -0.3 is 5.32 Å². The van der Waals surface area contributed by atoms with Gasteiger partial charge in [-0.05, 0) is 6.92 Å². The van der Waals surface area contributed by atoms with Crippen LogP contribution < -0.4 is 5.32 Å². The third-order valence-electron chi connectivity index (χ3n) is 1.56. The predicted molar refractivity (Wildman–Crippen MR) is 52.6 cm³/mol. The van der Waals surface area contributed by atoms with Crippen LogP contribution in [-0.4, -0.2) is 15.9 Å². The molecule has 13 heavy (non-hydrogen) atoms. The second-order valence-electron chi connectivity index (χ2n) is 2.78. The summed E-state index contributed by atoms with van der Waals surface area (Å²) in [6, 6.07) is 2.15. The second-order valence-corrected chi connectivity index (χ2v) is 3.53. The monoisotopic (exact) mass is 196 g/mol. The molecule has 1 unspecified atom stereocenters. The van der Waals surface area contributed by atoms with Crippen molar-refractivity contribution in [2.75, 3.05) is 11.9 Å². The van der Waals surface area contributed by atoms with Gasteiger partial charge in [0.2, 0.25) is 5.13 Å². The molecule has 5 heteroatoms. The third kappa shape index (κ3) is 2.99. The van der Waals surface area contributed by atoms with E-state index >= 15 is 0 Å². The molecule has 0 bridgehead atoms. The second kappa shape index (κ2) is 4.77. The quantitative estimate of drug-likeness (QED) is 0.795. The van der Waals surface area contributed by atoms with Crippen molar-refractivity contribution in [1.82, 2.24) is 9.36 Å². The van der Waals surface area contributed by atoms with Gasteiger partial charge in [0.05, 0.1) is 12.0 Å². The molecule has 1 heterocycles. The van der Waals surface area contributed by atoms with Crippen LogP contribution in [0, 0.1) is 17.2 Å². The largest absolute Gasteiger partial charge is 0.359 e. The SMILES string of the molecule is CCc1nsc(NCC(C)C#N)n1. The van der Waals surface area contributed by atoms with E-state index in [0.717, 1.165) is 17.4 Å². The van der Waals surface area contributed by atoms with Crippen LogP contribution in [0.15, 0.2) is 0 Å². The third-order valence-corrected chi connectivity index (χ3v) is 2.27. The van der Waals surface area contributed by atoms with Crippen molar-refractivity contribution in [2.24, 2.45) is 5.92 Å². The molecule has 0 aliphatic carbocycles. The number of hydrogen-bond donors (Lipinski definition) is 1. The molecule has 1 aromatic rings. The summed E-state index contributed by atoms with van der Waals surface area (Å²) < 4.78 is 4.12. The molecule has 1 atom stereocenters. The Hall–Kier alpha value is -1.15. The van der Waals surface area contributed by atoms with E-state index in [4.69, 9.17) is 5.26 Å². The molecule has 0 saturated heterocycles. The summed E-state index contributed by atoms with van der Waals surface area (Å²) in [5.74, 6) is 0.867. The molecular weight excluding hydrogens is 184 g/mol. The number of aromatic nitrogens is 2. The van der Waals surface area contributed by atoms with Gasteiger partial charge >= 0.3 is 0 Å². The lowest BCUT2D eigenvalue weighted by molar-refractivity contribution is 0.784. The van der Waals surface area contributed by atoms with Crippen molar-refractivity contribution in [3.05, 3.63) is 5.82 Å². The first-order valence-electron chi connectivity index (χ1n) is 4.22. The van der Waals surface area contributed by atoms with E-state index in [1.807, 2.05) is 13.8 Å². The number of rotatable bonds is 4. The highest BCUT2D eigenvalue weighted by Crippen LogP contribution is 2.11. The average molecular weight is 196 g/mol. The Morgan fingerprint density at radius 2 is 2.46 bits per heavy atom. The van der Waals surface area contributed by atoms with Crippen molar-refractivity contribution in [2.45, 2.75) is 20.3 Å². The Morgan fingerprint density at radius 1 is 1.69 bits per heavy atom. The Kier molecular flexibility index (Phi) is 3.65. The van der Waals surface area contributed by atoms with Crippen molar-refractivity contribution >= 4 is 16.7 Å². The number of nitriles is 1. The lowest BCUT2D eigenvalue weighted by atomic mass is 10.2. The Labute approximate surface area is 81.8 Å². The van der Waals surface area contributed by atoms with Crippen LogP contribution in [0.2, 0.25) is 0 Å². The van der Waals surface area contributed by atoms with Crippen LogP contribution in [-0.2, 0) is 6.42 Å². The maximum absolute atomic E-state index is 8.54. The van der Waals surface area contributed by atoms with E-state index in [2.05, 4.69) is 20.7 Å². The molecule has 0 fully saturated rings. The van der Waals surface area contributed by atoms with Gasteiger partial charge in [0.25, 0.3) is 0 Å². The normalized spacial score (nSPS) is 12.1. The Morgan fingerprint density at radius 3 is 3.00 bits per heavy atom. The van der Waals surface area contributed by atoms with Crippen molar-refractivity contribution < 1.29 is 0 Å². The minimum absolute atomic E-state index is 0.00831. The number of nitrogens with one attached hydrogen (secondary N) is 1. The molecule has 0 aliphatic rings. The van der Waals surface area contributed by atoms with E-state index in [1.54, 1.807) is 0 Å². The van der Waals surface area contributed by atoms with Crippen molar-refractivity contribution in [3.63, 3.8) is 0 Å². The fourth-order valence-corrected chi connectivity index (χ4v) is 1.41. The smallest absolute Gasteiger partial charge is 0.202 e. The van der Waals surface area contributed by atoms with Crippen molar-refractivity contribution in [1.29, 1.82) is 5.26 Å². The molecule has 1 rings (SSSR count). The zero-order valence-electron chi connectivity index (χ0n) is 7.74. The molecule has 0 saturated carbocycles. The summed E-state index contributed by atoms with van der Waals surface area (Å²) in [4.78, 5) is 4.22. The summed E-state index contributed by atoms with van der Waals surface area (Å²) in [6.45, 7) is 4.52. The van der Waals surface area contributed by atoms with E-state index in [9.17, 15) is 0 Å². The predicted octanol–water partition coefficient (Wildman–Crippen LogP) is 1.67. The lowest BCUT2D eigenvalue weighted by Gasteiger charge is -2.01. The summed E-state index contributed by atoms with van der Waals surface area (Å²) in [5.41, 5.74) is 0. The van der Waals surface area contributed by atoms with Gasteiger partial charge in [-0.2, -0.15) is 9.64 Å². The molecular formula is C8H12N4S. The molecule has 0 aromatic carbocycles. The molecule has 0 radical (unpaired) electrons. The fourth-order valence-electron chi connectivity index (χ4n) is 0.755. The van der Waals surface area contributed by atoms with Crippen molar-refractivity contribution in [3.8, 4) is 6.07 Å². The van der Waals surface area contributed by atoms with Gasteiger partial charge in [0.1, 0.15) is 5.82 Å². The highest BCUT2D eigenvalue weighted by atomic mass is 32.1. The summed E-state index contributed by atoms with van der Waals surface area (Å²) in [6.07, 6.45) is 0.853. The number of nitrogens with zero attached hydrogens (tertiary/aromatic N) is 3. The van der Waals surface area contributed by atoms with Crippen LogP contribution in [0.25, 0.3) is 0 Å².